The first kappa shape index (κ1) is 14.3. The second-order valence-corrected chi connectivity index (χ2v) is 5.69. The molecule has 0 aliphatic heterocycles. The van der Waals surface area contributed by atoms with Gasteiger partial charge in [-0.1, -0.05) is 12.8 Å². The summed E-state index contributed by atoms with van der Waals surface area (Å²) >= 11 is 3.08. The van der Waals surface area contributed by atoms with Gasteiger partial charge in [-0.15, -0.1) is 0 Å². The van der Waals surface area contributed by atoms with E-state index >= 15 is 0 Å². The Morgan fingerprint density at radius 3 is 2.84 bits per heavy atom. The van der Waals surface area contributed by atoms with Crippen LogP contribution in [0.4, 0.5) is 10.1 Å². The molecule has 102 valence electrons. The van der Waals surface area contributed by atoms with E-state index in [4.69, 9.17) is 5.26 Å². The van der Waals surface area contributed by atoms with Crippen LogP contribution in [0.2, 0.25) is 0 Å². The first-order chi connectivity index (χ1) is 9.13. The van der Waals surface area contributed by atoms with Crippen molar-refractivity contribution in [2.45, 2.75) is 31.8 Å². The molecular weight excluding hydrogens is 311 g/mol. The van der Waals surface area contributed by atoms with E-state index in [1.807, 2.05) is 6.07 Å². The van der Waals surface area contributed by atoms with Crippen LogP contribution >= 0.6 is 15.9 Å². The van der Waals surface area contributed by atoms with Crippen molar-refractivity contribution in [2.75, 3.05) is 11.9 Å². The smallest absolute Gasteiger partial charge is 0.161 e. The maximum Gasteiger partial charge on any atom is 0.161 e. The van der Waals surface area contributed by atoms with Crippen molar-refractivity contribution in [1.29, 1.82) is 5.26 Å². The third-order valence-electron chi connectivity index (χ3n) is 3.63. The fourth-order valence-corrected chi connectivity index (χ4v) is 2.87. The summed E-state index contributed by atoms with van der Waals surface area (Å²) in [5, 5.41) is 21.7. The quantitative estimate of drug-likeness (QED) is 0.894. The molecule has 19 heavy (non-hydrogen) atoms. The Morgan fingerprint density at radius 2 is 2.16 bits per heavy atom. The topological polar surface area (TPSA) is 56.0 Å². The predicted octanol–water partition coefficient (Wildman–Crippen LogP) is 3.42. The molecule has 2 unspecified atom stereocenters. The van der Waals surface area contributed by atoms with Crippen molar-refractivity contribution in [3.8, 4) is 6.07 Å². The number of nitrogens with one attached hydrogen (secondary N) is 1. The number of hydrogen-bond acceptors (Lipinski definition) is 3. The largest absolute Gasteiger partial charge is 0.393 e. The zero-order valence-corrected chi connectivity index (χ0v) is 12.1. The highest BCUT2D eigenvalue weighted by Gasteiger charge is 2.23. The Morgan fingerprint density at radius 1 is 1.42 bits per heavy atom. The number of anilines is 1. The molecule has 0 aromatic heterocycles. The van der Waals surface area contributed by atoms with E-state index in [9.17, 15) is 9.50 Å². The highest BCUT2D eigenvalue weighted by Crippen LogP contribution is 2.28. The molecule has 5 heteroatoms. The fraction of sp³-hybridized carbons (Fsp3) is 0.500. The summed E-state index contributed by atoms with van der Waals surface area (Å²) in [6, 6.07) is 5.06. The second-order valence-electron chi connectivity index (χ2n) is 4.89. The number of nitrogens with zero attached hydrogens (tertiary/aromatic N) is 1. The number of nitriles is 1. The van der Waals surface area contributed by atoms with Gasteiger partial charge in [-0.3, -0.25) is 0 Å². The first-order valence-corrected chi connectivity index (χ1v) is 7.23. The molecule has 2 atom stereocenters. The van der Waals surface area contributed by atoms with Crippen LogP contribution in [-0.2, 0) is 0 Å². The molecule has 2 rings (SSSR count). The molecule has 1 saturated carbocycles. The van der Waals surface area contributed by atoms with Crippen LogP contribution in [0.3, 0.4) is 0 Å². The molecular formula is C14H16BrFN2O. The Bertz CT molecular complexity index is 501. The Kier molecular flexibility index (Phi) is 4.78. The van der Waals surface area contributed by atoms with Crippen LogP contribution in [0, 0.1) is 23.1 Å². The average Bonchev–Trinajstić information content (AvgIpc) is 2.42. The van der Waals surface area contributed by atoms with E-state index in [0.717, 1.165) is 25.7 Å². The molecule has 1 aromatic rings. The third kappa shape index (κ3) is 3.26. The second kappa shape index (κ2) is 6.36. The van der Waals surface area contributed by atoms with Crippen molar-refractivity contribution in [3.05, 3.63) is 28.0 Å². The van der Waals surface area contributed by atoms with Crippen LogP contribution < -0.4 is 5.32 Å². The molecule has 1 fully saturated rings. The molecule has 1 aliphatic carbocycles. The van der Waals surface area contributed by atoms with Crippen LogP contribution in [-0.4, -0.2) is 17.8 Å². The van der Waals surface area contributed by atoms with Gasteiger partial charge in [0, 0.05) is 12.5 Å². The van der Waals surface area contributed by atoms with Crippen molar-refractivity contribution in [2.24, 2.45) is 5.92 Å². The van der Waals surface area contributed by atoms with Crippen LogP contribution in [0.1, 0.15) is 31.2 Å². The Labute approximate surface area is 120 Å². The zero-order chi connectivity index (χ0) is 13.8. The van der Waals surface area contributed by atoms with E-state index in [1.165, 1.54) is 0 Å². The molecule has 0 saturated heterocycles. The summed E-state index contributed by atoms with van der Waals surface area (Å²) in [5.74, 6) is -0.285. The minimum Gasteiger partial charge on any atom is -0.393 e. The van der Waals surface area contributed by atoms with E-state index in [-0.39, 0.29) is 22.1 Å². The maximum absolute atomic E-state index is 14.0. The van der Waals surface area contributed by atoms with Gasteiger partial charge in [0.15, 0.2) is 5.82 Å². The number of aliphatic hydroxyl groups is 1. The highest BCUT2D eigenvalue weighted by molar-refractivity contribution is 9.10. The van der Waals surface area contributed by atoms with E-state index in [2.05, 4.69) is 21.2 Å². The summed E-state index contributed by atoms with van der Waals surface area (Å²) in [4.78, 5) is 0. The number of aliphatic hydroxyl groups excluding tert-OH is 1. The highest BCUT2D eigenvalue weighted by atomic mass is 79.9. The van der Waals surface area contributed by atoms with Crippen molar-refractivity contribution < 1.29 is 9.50 Å². The van der Waals surface area contributed by atoms with Gasteiger partial charge < -0.3 is 10.4 Å². The lowest BCUT2D eigenvalue weighted by Crippen LogP contribution is -2.30. The lowest BCUT2D eigenvalue weighted by molar-refractivity contribution is 0.0763. The fourth-order valence-electron chi connectivity index (χ4n) is 2.44. The van der Waals surface area contributed by atoms with E-state index in [0.29, 0.717) is 12.2 Å². The Hall–Kier alpha value is -1.12. The standard InChI is InChI=1S/C14H16BrFN2O/c15-13-9(7-17)5-6-11(14(13)16)18-8-10-3-1-2-4-12(10)19/h5-6,10,12,18-19H,1-4,8H2. The van der Waals surface area contributed by atoms with Crippen LogP contribution in [0.5, 0.6) is 0 Å². The minimum absolute atomic E-state index is 0.169. The van der Waals surface area contributed by atoms with Crippen LogP contribution in [0.25, 0.3) is 0 Å². The summed E-state index contributed by atoms with van der Waals surface area (Å²) in [5.41, 5.74) is 0.643. The molecule has 2 N–H and O–H groups in total. The number of rotatable bonds is 3. The molecule has 0 amide bonds. The molecule has 1 aliphatic rings. The lowest BCUT2D eigenvalue weighted by Gasteiger charge is -2.28. The maximum atomic E-state index is 14.0. The van der Waals surface area contributed by atoms with Gasteiger partial charge in [0.25, 0.3) is 0 Å². The van der Waals surface area contributed by atoms with Gasteiger partial charge in [0.05, 0.1) is 21.8 Å². The molecule has 1 aromatic carbocycles. The minimum atomic E-state index is -0.454. The SMILES string of the molecule is N#Cc1ccc(NCC2CCCCC2O)c(F)c1Br. The van der Waals surface area contributed by atoms with Crippen molar-refractivity contribution in [1.82, 2.24) is 0 Å². The van der Waals surface area contributed by atoms with Gasteiger partial charge in [0.2, 0.25) is 0 Å². The van der Waals surface area contributed by atoms with E-state index < -0.39 is 5.82 Å². The lowest BCUT2D eigenvalue weighted by atomic mass is 9.86. The van der Waals surface area contributed by atoms with Crippen molar-refractivity contribution >= 4 is 21.6 Å². The van der Waals surface area contributed by atoms with Gasteiger partial charge in [-0.25, -0.2) is 4.39 Å². The summed E-state index contributed by atoms with van der Waals surface area (Å²) in [6.07, 6.45) is 3.67. The summed E-state index contributed by atoms with van der Waals surface area (Å²) < 4.78 is 14.2. The summed E-state index contributed by atoms with van der Waals surface area (Å²) in [6.45, 7) is 0.552. The average molecular weight is 327 g/mol. The summed E-state index contributed by atoms with van der Waals surface area (Å²) in [7, 11) is 0. The van der Waals surface area contributed by atoms with Gasteiger partial charge in [-0.05, 0) is 40.9 Å². The molecule has 3 nitrogen and oxygen atoms in total. The zero-order valence-electron chi connectivity index (χ0n) is 10.5. The van der Waals surface area contributed by atoms with Gasteiger partial charge in [0.1, 0.15) is 6.07 Å². The Balaban J connectivity index is 2.04. The van der Waals surface area contributed by atoms with Gasteiger partial charge in [-0.2, -0.15) is 5.26 Å². The number of halogens is 2. The number of benzene rings is 1. The molecule has 0 spiro atoms. The monoisotopic (exact) mass is 326 g/mol. The molecule has 0 radical (unpaired) electrons. The normalized spacial score (nSPS) is 22.8. The van der Waals surface area contributed by atoms with Crippen molar-refractivity contribution in [3.63, 3.8) is 0 Å². The first-order valence-electron chi connectivity index (χ1n) is 6.43. The molecule has 0 bridgehead atoms. The predicted molar refractivity (Wildman–Crippen MR) is 75.3 cm³/mol. The van der Waals surface area contributed by atoms with Gasteiger partial charge >= 0.3 is 0 Å². The van der Waals surface area contributed by atoms with Crippen LogP contribution in [0.15, 0.2) is 16.6 Å². The number of hydrogen-bond donors (Lipinski definition) is 2. The molecule has 0 heterocycles. The third-order valence-corrected chi connectivity index (χ3v) is 4.40. The van der Waals surface area contributed by atoms with E-state index in [1.54, 1.807) is 12.1 Å².